The molecule has 42 heavy (non-hydrogen) atoms. The maximum absolute atomic E-state index is 13.2. The van der Waals surface area contributed by atoms with Crippen LogP contribution in [0.25, 0.3) is 33.8 Å². The molecule has 0 saturated carbocycles. The number of nitrogens with zero attached hydrogens (tertiary/aromatic N) is 7. The predicted octanol–water partition coefficient (Wildman–Crippen LogP) is 6.35. The van der Waals surface area contributed by atoms with Crippen LogP contribution in [0.3, 0.4) is 0 Å². The third kappa shape index (κ3) is 5.83. The van der Waals surface area contributed by atoms with E-state index < -0.39 is 23.6 Å². The monoisotopic (exact) mass is 577 g/mol. The van der Waals surface area contributed by atoms with Gasteiger partial charge in [-0.25, -0.2) is 29.3 Å². The first-order valence-electron chi connectivity index (χ1n) is 13.1. The highest BCUT2D eigenvalue weighted by molar-refractivity contribution is 5.90. The van der Waals surface area contributed by atoms with Gasteiger partial charge in [-0.2, -0.15) is 13.2 Å². The van der Waals surface area contributed by atoms with Gasteiger partial charge in [0.2, 0.25) is 0 Å². The summed E-state index contributed by atoms with van der Waals surface area (Å²) < 4.78 is 47.8. The molecule has 4 heterocycles. The molecule has 218 valence electrons. The van der Waals surface area contributed by atoms with Crippen LogP contribution in [0.1, 0.15) is 37.6 Å². The molecule has 5 aromatic rings. The summed E-state index contributed by atoms with van der Waals surface area (Å²) in [5.74, 6) is 1.36. The second-order valence-corrected chi connectivity index (χ2v) is 11.1. The van der Waals surface area contributed by atoms with Crippen molar-refractivity contribution in [1.29, 1.82) is 0 Å². The quantitative estimate of drug-likeness (QED) is 0.240. The lowest BCUT2D eigenvalue weighted by molar-refractivity contribution is -0.140. The van der Waals surface area contributed by atoms with E-state index in [0.29, 0.717) is 34.7 Å². The maximum atomic E-state index is 13.2. The van der Waals surface area contributed by atoms with Gasteiger partial charge in [0.1, 0.15) is 17.2 Å². The van der Waals surface area contributed by atoms with Crippen molar-refractivity contribution in [3.8, 4) is 22.8 Å². The van der Waals surface area contributed by atoms with Crippen LogP contribution in [0.2, 0.25) is 0 Å². The lowest BCUT2D eigenvalue weighted by Crippen LogP contribution is -2.26. The third-order valence-corrected chi connectivity index (χ3v) is 6.43. The summed E-state index contributed by atoms with van der Waals surface area (Å²) >= 11 is 0. The third-order valence-electron chi connectivity index (χ3n) is 6.43. The zero-order valence-corrected chi connectivity index (χ0v) is 24.1. The second-order valence-electron chi connectivity index (χ2n) is 11.1. The van der Waals surface area contributed by atoms with E-state index in [1.54, 1.807) is 51.5 Å². The van der Waals surface area contributed by atoms with E-state index in [9.17, 15) is 18.0 Å². The van der Waals surface area contributed by atoms with Crippen LogP contribution in [-0.2, 0) is 24.4 Å². The Morgan fingerprint density at radius 1 is 1.00 bits per heavy atom. The number of benzene rings is 1. The number of alkyl halides is 3. The molecule has 0 bridgehead atoms. The predicted molar refractivity (Wildman–Crippen MR) is 153 cm³/mol. The first-order chi connectivity index (χ1) is 19.7. The Kier molecular flexibility index (Phi) is 7.25. The number of hydrogen-bond acceptors (Lipinski definition) is 7. The standard InChI is InChI=1S/C30H30F3N7O2/c1-29(2,3)42-28(41)40-16-20(24-22(40)15-35-25(37-24)21-8-7-13-34-27(21)38(4)5)14-18-9-11-19(12-10-18)26-36-23(17-39(26)6)30(31,32)33/h7-13,15-17H,14H2,1-6H3. The highest BCUT2D eigenvalue weighted by Crippen LogP contribution is 2.32. The number of imidazole rings is 1. The van der Waals surface area contributed by atoms with E-state index in [1.165, 1.54) is 16.2 Å². The van der Waals surface area contributed by atoms with Crippen LogP contribution < -0.4 is 4.90 Å². The van der Waals surface area contributed by atoms with Crippen molar-refractivity contribution in [3.05, 3.63) is 78.0 Å². The molecule has 0 amide bonds. The van der Waals surface area contributed by atoms with Gasteiger partial charge in [0.25, 0.3) is 0 Å². The molecule has 0 aliphatic rings. The summed E-state index contributed by atoms with van der Waals surface area (Å²) in [5.41, 5.74) is 2.30. The van der Waals surface area contributed by atoms with Gasteiger partial charge < -0.3 is 14.2 Å². The number of pyridine rings is 1. The Morgan fingerprint density at radius 2 is 1.71 bits per heavy atom. The van der Waals surface area contributed by atoms with E-state index in [0.717, 1.165) is 22.9 Å². The number of halogens is 3. The normalized spacial score (nSPS) is 12.1. The minimum absolute atomic E-state index is 0.209. The first kappa shape index (κ1) is 28.8. The molecule has 0 N–H and O–H groups in total. The lowest BCUT2D eigenvalue weighted by atomic mass is 10.0. The topological polar surface area (TPSA) is 91.0 Å². The number of anilines is 1. The molecule has 0 saturated heterocycles. The number of carbonyl (C=O) groups is 1. The average molecular weight is 578 g/mol. The number of aryl methyl sites for hydroxylation is 1. The fourth-order valence-corrected chi connectivity index (χ4v) is 4.59. The highest BCUT2D eigenvalue weighted by atomic mass is 19.4. The van der Waals surface area contributed by atoms with Gasteiger partial charge in [-0.05, 0) is 38.5 Å². The molecular formula is C30H30F3N7O2. The number of fused-ring (bicyclic) bond motifs is 1. The minimum atomic E-state index is -4.53. The van der Waals surface area contributed by atoms with Crippen molar-refractivity contribution >= 4 is 22.9 Å². The van der Waals surface area contributed by atoms with E-state index in [1.807, 2.05) is 43.3 Å². The Labute approximate surface area is 240 Å². The van der Waals surface area contributed by atoms with Crippen LogP contribution in [0.15, 0.2) is 61.2 Å². The fourth-order valence-electron chi connectivity index (χ4n) is 4.59. The second kappa shape index (κ2) is 10.6. The van der Waals surface area contributed by atoms with Gasteiger partial charge in [0.15, 0.2) is 11.5 Å². The Morgan fingerprint density at radius 3 is 2.33 bits per heavy atom. The number of ether oxygens (including phenoxy) is 1. The molecule has 0 aliphatic carbocycles. The smallest absolute Gasteiger partial charge is 0.434 e. The summed E-state index contributed by atoms with van der Waals surface area (Å²) in [5, 5.41) is 0. The Hall–Kier alpha value is -4.74. The van der Waals surface area contributed by atoms with E-state index >= 15 is 0 Å². The molecule has 4 aromatic heterocycles. The Balaban J connectivity index is 1.55. The van der Waals surface area contributed by atoms with E-state index in [-0.39, 0.29) is 5.82 Å². The molecule has 0 unspecified atom stereocenters. The van der Waals surface area contributed by atoms with Crippen molar-refractivity contribution < 1.29 is 22.7 Å². The lowest BCUT2D eigenvalue weighted by Gasteiger charge is -2.19. The van der Waals surface area contributed by atoms with Crippen molar-refractivity contribution in [3.63, 3.8) is 0 Å². The van der Waals surface area contributed by atoms with Crippen LogP contribution >= 0.6 is 0 Å². The van der Waals surface area contributed by atoms with E-state index in [4.69, 9.17) is 9.72 Å². The molecule has 0 spiro atoms. The Bertz CT molecular complexity index is 1760. The average Bonchev–Trinajstić information content (AvgIpc) is 3.49. The van der Waals surface area contributed by atoms with Crippen LogP contribution in [0.5, 0.6) is 0 Å². The summed E-state index contributed by atoms with van der Waals surface area (Å²) in [4.78, 5) is 32.6. The number of carbonyl (C=O) groups excluding carboxylic acids is 1. The maximum Gasteiger partial charge on any atom is 0.434 e. The largest absolute Gasteiger partial charge is 0.443 e. The van der Waals surface area contributed by atoms with Crippen LogP contribution in [-0.4, -0.2) is 54.9 Å². The first-order valence-corrected chi connectivity index (χ1v) is 13.1. The fraction of sp³-hybridized carbons (Fsp3) is 0.300. The van der Waals surface area contributed by atoms with Crippen molar-refractivity contribution in [2.75, 3.05) is 19.0 Å². The zero-order chi connectivity index (χ0) is 30.4. The highest BCUT2D eigenvalue weighted by Gasteiger charge is 2.34. The number of hydrogen-bond donors (Lipinski definition) is 0. The molecule has 9 nitrogen and oxygen atoms in total. The van der Waals surface area contributed by atoms with Crippen LogP contribution in [0.4, 0.5) is 23.8 Å². The molecule has 12 heteroatoms. The van der Waals surface area contributed by atoms with Crippen molar-refractivity contribution in [2.24, 2.45) is 7.05 Å². The van der Waals surface area contributed by atoms with Gasteiger partial charge in [-0.1, -0.05) is 24.3 Å². The van der Waals surface area contributed by atoms with Gasteiger partial charge in [-0.15, -0.1) is 0 Å². The van der Waals surface area contributed by atoms with Gasteiger partial charge in [-0.3, -0.25) is 0 Å². The van der Waals surface area contributed by atoms with Crippen LogP contribution in [0, 0.1) is 0 Å². The summed E-state index contributed by atoms with van der Waals surface area (Å²) in [6.45, 7) is 5.37. The van der Waals surface area contributed by atoms with Gasteiger partial charge in [0, 0.05) is 57.3 Å². The number of rotatable bonds is 5. The molecule has 0 aliphatic heterocycles. The summed E-state index contributed by atoms with van der Waals surface area (Å²) in [7, 11) is 5.29. The van der Waals surface area contributed by atoms with Gasteiger partial charge >= 0.3 is 12.3 Å². The molecule has 0 radical (unpaired) electrons. The summed E-state index contributed by atoms with van der Waals surface area (Å²) in [6.07, 6.45) is 1.26. The minimum Gasteiger partial charge on any atom is -0.443 e. The summed E-state index contributed by atoms with van der Waals surface area (Å²) in [6, 6.07) is 10.8. The van der Waals surface area contributed by atoms with Crippen molar-refractivity contribution in [1.82, 2.24) is 29.1 Å². The molecular weight excluding hydrogens is 547 g/mol. The van der Waals surface area contributed by atoms with E-state index in [2.05, 4.69) is 15.0 Å². The molecule has 1 aromatic carbocycles. The van der Waals surface area contributed by atoms with Gasteiger partial charge in [0.05, 0.1) is 22.8 Å². The zero-order valence-electron chi connectivity index (χ0n) is 24.1. The molecule has 0 atom stereocenters. The SMILES string of the molecule is CN(C)c1ncccc1-c1ncc2c(n1)c(Cc1ccc(-c3nc(C(F)(F)F)cn3C)cc1)cn2C(=O)OC(C)(C)C. The molecule has 0 fully saturated rings. The molecule has 5 rings (SSSR count). The number of aromatic nitrogens is 6. The van der Waals surface area contributed by atoms with Crippen molar-refractivity contribution in [2.45, 2.75) is 39.0 Å².